The van der Waals surface area contributed by atoms with Crippen molar-refractivity contribution in [3.05, 3.63) is 53.5 Å². The molecular weight excluding hydrogens is 636 g/mol. The number of aryl methyl sites for hydroxylation is 1. The summed E-state index contributed by atoms with van der Waals surface area (Å²) in [4.78, 5) is 19.6. The van der Waals surface area contributed by atoms with Crippen molar-refractivity contribution >= 4 is 27.5 Å². The summed E-state index contributed by atoms with van der Waals surface area (Å²) in [5.41, 5.74) is 0.544. The van der Waals surface area contributed by atoms with Gasteiger partial charge in [0.25, 0.3) is 0 Å². The topological polar surface area (TPSA) is 83.8 Å². The molecule has 2 aromatic carbocycles. The molecule has 2 saturated carbocycles. The molecule has 0 bridgehead atoms. The number of phenols is 1. The van der Waals surface area contributed by atoms with Gasteiger partial charge in [0.1, 0.15) is 34.4 Å². The molecule has 8 nitrogen and oxygen atoms in total. The van der Waals surface area contributed by atoms with Crippen molar-refractivity contribution in [2.24, 2.45) is 11.3 Å². The molecule has 0 radical (unpaired) electrons. The van der Waals surface area contributed by atoms with Gasteiger partial charge in [-0.1, -0.05) is 18.4 Å². The van der Waals surface area contributed by atoms with Gasteiger partial charge in [0.15, 0.2) is 5.82 Å². The number of pyridine rings is 1. The molecule has 2 aromatic heterocycles. The van der Waals surface area contributed by atoms with Crippen LogP contribution < -0.4 is 4.90 Å². The lowest BCUT2D eigenvalue weighted by Crippen LogP contribution is -2.57. The van der Waals surface area contributed by atoms with Crippen LogP contribution in [0.3, 0.4) is 0 Å². The lowest BCUT2D eigenvalue weighted by molar-refractivity contribution is -0.0507. The van der Waals surface area contributed by atoms with Gasteiger partial charge in [0, 0.05) is 69.1 Å². The first-order valence-corrected chi connectivity index (χ1v) is 18.2. The average molecular weight is 682 g/mol. The summed E-state index contributed by atoms with van der Waals surface area (Å²) in [5, 5.41) is 12.0. The minimum absolute atomic E-state index is 0.00422. The third-order valence-electron chi connectivity index (χ3n) is 12.0. The molecule has 4 aromatic rings. The third kappa shape index (κ3) is 5.87. The molecule has 1 N–H and O–H groups in total. The molecule has 4 fully saturated rings. The Kier molecular flexibility index (Phi) is 9.09. The van der Waals surface area contributed by atoms with Gasteiger partial charge in [-0.2, -0.15) is 0 Å². The Morgan fingerprint density at radius 3 is 2.78 bits per heavy atom. The van der Waals surface area contributed by atoms with Crippen LogP contribution in [0.25, 0.3) is 32.9 Å². The molecule has 4 heterocycles. The molecular formula is C40H45F2N5O3. The van der Waals surface area contributed by atoms with Crippen molar-refractivity contribution in [2.75, 3.05) is 51.5 Å². The number of aromatic nitrogens is 3. The summed E-state index contributed by atoms with van der Waals surface area (Å²) in [6.07, 6.45) is 18.3. The van der Waals surface area contributed by atoms with Gasteiger partial charge >= 0.3 is 0 Å². The number of halogens is 2. The highest BCUT2D eigenvalue weighted by Crippen LogP contribution is 2.53. The summed E-state index contributed by atoms with van der Waals surface area (Å²) in [5.74, 6) is 3.03. The highest BCUT2D eigenvalue weighted by atomic mass is 19.1. The molecule has 2 aliphatic carbocycles. The van der Waals surface area contributed by atoms with E-state index in [9.17, 15) is 9.50 Å². The number of fused-ring (bicyclic) bond motifs is 3. The minimum Gasteiger partial charge on any atom is -0.508 e. The Hall–Kier alpha value is -3.91. The number of nitrogens with zero attached hydrogens (tertiary/aromatic N) is 5. The van der Waals surface area contributed by atoms with E-state index < -0.39 is 11.6 Å². The highest BCUT2D eigenvalue weighted by Gasteiger charge is 2.50. The number of rotatable bonds is 8. The zero-order valence-electron chi connectivity index (χ0n) is 28.8. The van der Waals surface area contributed by atoms with E-state index in [4.69, 9.17) is 25.9 Å². The number of anilines is 1. The quantitative estimate of drug-likeness (QED) is 0.199. The first-order valence-electron chi connectivity index (χ1n) is 18.2. The van der Waals surface area contributed by atoms with Crippen LogP contribution in [0.4, 0.5) is 14.6 Å². The van der Waals surface area contributed by atoms with Crippen LogP contribution in [-0.2, 0) is 15.9 Å². The molecule has 2 aliphatic heterocycles. The molecule has 10 heteroatoms. The summed E-state index contributed by atoms with van der Waals surface area (Å²) in [6, 6.07) is 6.87. The summed E-state index contributed by atoms with van der Waals surface area (Å²) in [6.45, 7) is 4.59. The van der Waals surface area contributed by atoms with E-state index in [1.54, 1.807) is 13.3 Å². The van der Waals surface area contributed by atoms with Gasteiger partial charge in [0.05, 0.1) is 17.6 Å². The van der Waals surface area contributed by atoms with Gasteiger partial charge in [-0.05, 0) is 92.8 Å². The largest absolute Gasteiger partial charge is 0.508 e. The average Bonchev–Trinajstić information content (AvgIpc) is 3.35. The Morgan fingerprint density at radius 2 is 1.94 bits per heavy atom. The first-order chi connectivity index (χ1) is 24.4. The first kappa shape index (κ1) is 33.2. The van der Waals surface area contributed by atoms with E-state index in [1.165, 1.54) is 75.8 Å². The number of likely N-dealkylation sites (tertiary alicyclic amines) is 1. The fourth-order valence-electron chi connectivity index (χ4n) is 9.59. The minimum atomic E-state index is -0.644. The second kappa shape index (κ2) is 13.7. The van der Waals surface area contributed by atoms with Gasteiger partial charge in [0.2, 0.25) is 0 Å². The fraction of sp³-hybridized carbons (Fsp3) is 0.525. The number of hydrogen-bond acceptors (Lipinski definition) is 8. The zero-order valence-corrected chi connectivity index (χ0v) is 28.8. The van der Waals surface area contributed by atoms with E-state index in [2.05, 4.69) is 20.7 Å². The molecule has 4 aliphatic rings. The predicted octanol–water partition coefficient (Wildman–Crippen LogP) is 7.03. The lowest BCUT2D eigenvalue weighted by Gasteiger charge is -2.53. The predicted molar refractivity (Wildman–Crippen MR) is 190 cm³/mol. The van der Waals surface area contributed by atoms with E-state index in [0.717, 1.165) is 26.0 Å². The molecule has 2 saturated heterocycles. The maximum Gasteiger partial charge on any atom is 0.175 e. The standard InChI is InChI=1S/C40H45F2N5O3/c1-3-29-32(41)9-8-26-21-28(48)22-30(35(26)29)37-36(42)38-31(23-43-37)39(46-14-6-17-50-18-16-46)45-34(44-38)10-13-40-11-4-7-33(40)47(15-5-12-40)27-19-25(20-27)24-49-2/h1,8-9,21-23,25,27,33,48H,4-7,10-20,24H2,2H3. The van der Waals surface area contributed by atoms with Gasteiger partial charge in [-0.15, -0.1) is 6.42 Å². The Balaban J connectivity index is 1.18. The van der Waals surface area contributed by atoms with Gasteiger partial charge < -0.3 is 19.5 Å². The van der Waals surface area contributed by atoms with Crippen molar-refractivity contribution < 1.29 is 23.4 Å². The summed E-state index contributed by atoms with van der Waals surface area (Å²) in [7, 11) is 1.80. The monoisotopic (exact) mass is 681 g/mol. The number of terminal acetylenes is 1. The van der Waals surface area contributed by atoms with Crippen molar-refractivity contribution in [1.82, 2.24) is 19.9 Å². The van der Waals surface area contributed by atoms with E-state index in [-0.39, 0.29) is 33.5 Å². The van der Waals surface area contributed by atoms with E-state index in [1.807, 2.05) is 0 Å². The molecule has 50 heavy (non-hydrogen) atoms. The van der Waals surface area contributed by atoms with Crippen LogP contribution in [0.5, 0.6) is 5.75 Å². The zero-order chi connectivity index (χ0) is 34.4. The normalized spacial score (nSPS) is 25.7. The lowest BCUT2D eigenvalue weighted by atomic mass is 9.69. The smallest absolute Gasteiger partial charge is 0.175 e. The number of methoxy groups -OCH3 is 1. The molecule has 2 atom stereocenters. The Morgan fingerprint density at radius 1 is 1.08 bits per heavy atom. The number of ether oxygens (including phenoxy) is 2. The Bertz CT molecular complexity index is 1950. The molecule has 8 rings (SSSR count). The van der Waals surface area contributed by atoms with Crippen LogP contribution in [0.1, 0.15) is 69.2 Å². The SMILES string of the molecule is C#Cc1c(F)ccc2cc(O)cc(-c3ncc4c(N5CCCOCC5)nc(CCC56CCCC5N(C5CC(COC)C5)CCC6)nc4c3F)c12. The van der Waals surface area contributed by atoms with Gasteiger partial charge in [-0.3, -0.25) is 9.88 Å². The van der Waals surface area contributed by atoms with Crippen molar-refractivity contribution in [2.45, 2.75) is 76.3 Å². The molecule has 0 amide bonds. The van der Waals surface area contributed by atoms with Crippen LogP contribution in [0, 0.1) is 35.3 Å². The van der Waals surface area contributed by atoms with E-state index >= 15 is 4.39 Å². The van der Waals surface area contributed by atoms with Crippen LogP contribution >= 0.6 is 0 Å². The number of phenolic OH excluding ortho intramolecular Hbond substituents is 1. The molecule has 262 valence electrons. The number of hydrogen-bond donors (Lipinski definition) is 1. The number of benzene rings is 2. The maximum absolute atomic E-state index is 17.0. The van der Waals surface area contributed by atoms with Gasteiger partial charge in [-0.25, -0.2) is 18.7 Å². The van der Waals surface area contributed by atoms with Crippen molar-refractivity contribution in [1.29, 1.82) is 0 Å². The molecule has 2 unspecified atom stereocenters. The van der Waals surface area contributed by atoms with Crippen LogP contribution in [-0.4, -0.2) is 83.6 Å². The summed E-state index contributed by atoms with van der Waals surface area (Å²) >= 11 is 0. The van der Waals surface area contributed by atoms with E-state index in [0.29, 0.717) is 72.0 Å². The van der Waals surface area contributed by atoms with Crippen LogP contribution in [0.15, 0.2) is 30.5 Å². The Labute approximate surface area is 292 Å². The number of piperidine rings is 1. The molecule has 0 spiro atoms. The fourth-order valence-corrected chi connectivity index (χ4v) is 9.59. The van der Waals surface area contributed by atoms with Crippen LogP contribution in [0.2, 0.25) is 0 Å². The maximum atomic E-state index is 17.0. The highest BCUT2D eigenvalue weighted by molar-refractivity contribution is 6.03. The van der Waals surface area contributed by atoms with Crippen molar-refractivity contribution in [3.8, 4) is 29.4 Å². The third-order valence-corrected chi connectivity index (χ3v) is 12.0. The summed E-state index contributed by atoms with van der Waals surface area (Å²) < 4.78 is 43.1. The van der Waals surface area contributed by atoms with Crippen molar-refractivity contribution in [3.63, 3.8) is 0 Å². The number of aromatic hydroxyl groups is 1. The second-order valence-electron chi connectivity index (χ2n) is 14.8. The second-order valence-corrected chi connectivity index (χ2v) is 14.8.